The molecule has 21 heavy (non-hydrogen) atoms. The Balaban J connectivity index is 1.75. The minimum Gasteiger partial charge on any atom is -0.364 e. The van der Waals surface area contributed by atoms with E-state index in [4.69, 9.17) is 0 Å². The zero-order valence-electron chi connectivity index (χ0n) is 11.8. The number of hydrogen-bond acceptors (Lipinski definition) is 5. The number of halogens is 1. The maximum absolute atomic E-state index is 13.2. The molecule has 0 bridgehead atoms. The zero-order valence-corrected chi connectivity index (χ0v) is 11.8. The number of nitro groups is 1. The molecule has 1 aromatic rings. The van der Waals surface area contributed by atoms with Crippen LogP contribution in [0.15, 0.2) is 18.2 Å². The molecule has 2 aliphatic rings. The van der Waals surface area contributed by atoms with Crippen LogP contribution in [0.3, 0.4) is 0 Å². The highest BCUT2D eigenvalue weighted by molar-refractivity contribution is 5.63. The van der Waals surface area contributed by atoms with Gasteiger partial charge in [0.2, 0.25) is 0 Å². The maximum Gasteiger partial charge on any atom is 0.295 e. The van der Waals surface area contributed by atoms with Crippen LogP contribution in [-0.4, -0.2) is 55.1 Å². The predicted octanol–water partition coefficient (Wildman–Crippen LogP) is 1.22. The molecule has 6 nitrogen and oxygen atoms in total. The predicted molar refractivity (Wildman–Crippen MR) is 78.1 cm³/mol. The number of piperazine rings is 1. The lowest BCUT2D eigenvalue weighted by Crippen LogP contribution is -2.49. The summed E-state index contributed by atoms with van der Waals surface area (Å²) in [6, 6.07) is 4.25. The number of nitrogens with zero attached hydrogens (tertiary/aromatic N) is 3. The third-order valence-corrected chi connectivity index (χ3v) is 4.31. The van der Waals surface area contributed by atoms with Crippen LogP contribution in [0.25, 0.3) is 0 Å². The second kappa shape index (κ2) is 5.95. The van der Waals surface area contributed by atoms with Gasteiger partial charge in [0.05, 0.1) is 11.0 Å². The van der Waals surface area contributed by atoms with Crippen molar-refractivity contribution in [2.24, 2.45) is 0 Å². The van der Waals surface area contributed by atoms with Crippen LogP contribution >= 0.6 is 0 Å². The Morgan fingerprint density at radius 1 is 1.29 bits per heavy atom. The topological polar surface area (TPSA) is 61.7 Å². The summed E-state index contributed by atoms with van der Waals surface area (Å²) in [5.74, 6) is -0.566. The Hall–Kier alpha value is -1.73. The van der Waals surface area contributed by atoms with Crippen molar-refractivity contribution in [3.05, 3.63) is 34.1 Å². The summed E-state index contributed by atoms with van der Waals surface area (Å²) in [4.78, 5) is 15.0. The molecule has 1 atom stereocenters. The van der Waals surface area contributed by atoms with Crippen LogP contribution in [-0.2, 0) is 0 Å². The number of hydrogen-bond donors (Lipinski definition) is 1. The quantitative estimate of drug-likeness (QED) is 0.671. The fraction of sp³-hybridized carbons (Fsp3) is 0.571. The van der Waals surface area contributed by atoms with Crippen LogP contribution in [0.4, 0.5) is 15.8 Å². The van der Waals surface area contributed by atoms with Crippen molar-refractivity contribution in [1.82, 2.24) is 10.2 Å². The standard InChI is InChI=1S/C14H19FN4O2/c15-11-1-2-13(14(9-11)19(20)21)18-6-3-12(10-18)17-7-4-16-5-8-17/h1-2,9,12,16H,3-8,10H2. The van der Waals surface area contributed by atoms with Gasteiger partial charge in [0.25, 0.3) is 5.69 Å². The van der Waals surface area contributed by atoms with Gasteiger partial charge in [-0.3, -0.25) is 15.0 Å². The average molecular weight is 294 g/mol. The van der Waals surface area contributed by atoms with E-state index in [9.17, 15) is 14.5 Å². The first-order valence-corrected chi connectivity index (χ1v) is 7.29. The van der Waals surface area contributed by atoms with Crippen molar-refractivity contribution < 1.29 is 9.31 Å². The molecule has 0 aliphatic carbocycles. The average Bonchev–Trinajstić information content (AvgIpc) is 2.97. The first-order valence-electron chi connectivity index (χ1n) is 7.29. The van der Waals surface area contributed by atoms with Crippen molar-refractivity contribution >= 4 is 11.4 Å². The van der Waals surface area contributed by atoms with Crippen LogP contribution in [0.2, 0.25) is 0 Å². The molecule has 3 rings (SSSR count). The molecule has 0 spiro atoms. The Bertz CT molecular complexity index is 534. The smallest absolute Gasteiger partial charge is 0.295 e. The van der Waals surface area contributed by atoms with E-state index in [1.54, 1.807) is 0 Å². The van der Waals surface area contributed by atoms with E-state index in [0.29, 0.717) is 11.7 Å². The molecule has 114 valence electrons. The SMILES string of the molecule is O=[N+]([O-])c1cc(F)ccc1N1CCC(N2CCNCC2)C1. The van der Waals surface area contributed by atoms with Gasteiger partial charge in [0.1, 0.15) is 11.5 Å². The van der Waals surface area contributed by atoms with E-state index in [-0.39, 0.29) is 5.69 Å². The van der Waals surface area contributed by atoms with Gasteiger partial charge >= 0.3 is 0 Å². The van der Waals surface area contributed by atoms with Gasteiger partial charge in [-0.2, -0.15) is 0 Å². The molecule has 2 saturated heterocycles. The summed E-state index contributed by atoms with van der Waals surface area (Å²) in [5.41, 5.74) is 0.384. The Labute approximate surface area is 122 Å². The lowest BCUT2D eigenvalue weighted by atomic mass is 10.2. The molecule has 7 heteroatoms. The molecule has 1 aromatic carbocycles. The largest absolute Gasteiger partial charge is 0.364 e. The van der Waals surface area contributed by atoms with E-state index in [1.807, 2.05) is 4.90 Å². The van der Waals surface area contributed by atoms with Gasteiger partial charge in [-0.25, -0.2) is 4.39 Å². The lowest BCUT2D eigenvalue weighted by Gasteiger charge is -2.32. The van der Waals surface area contributed by atoms with Crippen LogP contribution in [0, 0.1) is 15.9 Å². The van der Waals surface area contributed by atoms with E-state index in [0.717, 1.165) is 51.8 Å². The highest BCUT2D eigenvalue weighted by Gasteiger charge is 2.31. The van der Waals surface area contributed by atoms with E-state index < -0.39 is 10.7 Å². The normalized spacial score (nSPS) is 23.5. The van der Waals surface area contributed by atoms with Gasteiger partial charge < -0.3 is 10.2 Å². The Kier molecular flexibility index (Phi) is 4.03. The minimum atomic E-state index is -0.566. The van der Waals surface area contributed by atoms with Crippen molar-refractivity contribution in [1.29, 1.82) is 0 Å². The molecule has 2 aliphatic heterocycles. The Morgan fingerprint density at radius 3 is 2.76 bits per heavy atom. The minimum absolute atomic E-state index is 0.143. The molecule has 1 N–H and O–H groups in total. The fourth-order valence-electron chi connectivity index (χ4n) is 3.22. The van der Waals surface area contributed by atoms with Gasteiger partial charge in [-0.1, -0.05) is 0 Å². The highest BCUT2D eigenvalue weighted by Crippen LogP contribution is 2.32. The number of nitro benzene ring substituents is 1. The summed E-state index contributed by atoms with van der Waals surface area (Å²) in [5, 5.41) is 14.4. The summed E-state index contributed by atoms with van der Waals surface area (Å²) in [6.45, 7) is 5.57. The second-order valence-electron chi connectivity index (χ2n) is 5.56. The fourth-order valence-corrected chi connectivity index (χ4v) is 3.22. The van der Waals surface area contributed by atoms with Crippen molar-refractivity contribution in [2.45, 2.75) is 12.5 Å². The van der Waals surface area contributed by atoms with Crippen LogP contribution < -0.4 is 10.2 Å². The highest BCUT2D eigenvalue weighted by atomic mass is 19.1. The third kappa shape index (κ3) is 2.98. The van der Waals surface area contributed by atoms with E-state index in [1.165, 1.54) is 12.1 Å². The van der Waals surface area contributed by atoms with Crippen LogP contribution in [0.1, 0.15) is 6.42 Å². The third-order valence-electron chi connectivity index (χ3n) is 4.31. The van der Waals surface area contributed by atoms with E-state index in [2.05, 4.69) is 10.2 Å². The molecular formula is C14H19FN4O2. The summed E-state index contributed by atoms with van der Waals surface area (Å²) >= 11 is 0. The number of rotatable bonds is 3. The Morgan fingerprint density at radius 2 is 2.05 bits per heavy atom. The maximum atomic E-state index is 13.2. The molecule has 0 amide bonds. The molecule has 2 heterocycles. The first-order chi connectivity index (χ1) is 10.1. The van der Waals surface area contributed by atoms with Gasteiger partial charge in [0, 0.05) is 45.3 Å². The molecule has 1 unspecified atom stereocenters. The van der Waals surface area contributed by atoms with Gasteiger partial charge in [0.15, 0.2) is 0 Å². The number of anilines is 1. The van der Waals surface area contributed by atoms with Crippen molar-refractivity contribution in [3.8, 4) is 0 Å². The second-order valence-corrected chi connectivity index (χ2v) is 5.56. The summed E-state index contributed by atoms with van der Waals surface area (Å²) < 4.78 is 13.2. The van der Waals surface area contributed by atoms with Crippen molar-refractivity contribution in [2.75, 3.05) is 44.2 Å². The number of nitrogens with one attached hydrogen (secondary N) is 1. The van der Waals surface area contributed by atoms with Gasteiger partial charge in [-0.05, 0) is 18.6 Å². The molecule has 0 radical (unpaired) electrons. The van der Waals surface area contributed by atoms with Gasteiger partial charge in [-0.15, -0.1) is 0 Å². The molecule has 0 aromatic heterocycles. The summed E-state index contributed by atoms with van der Waals surface area (Å²) in [6.07, 6.45) is 0.995. The van der Waals surface area contributed by atoms with Crippen molar-refractivity contribution in [3.63, 3.8) is 0 Å². The van der Waals surface area contributed by atoms with E-state index >= 15 is 0 Å². The number of benzene rings is 1. The molecule has 0 saturated carbocycles. The zero-order chi connectivity index (χ0) is 14.8. The summed E-state index contributed by atoms with van der Waals surface area (Å²) in [7, 11) is 0. The molecular weight excluding hydrogens is 275 g/mol. The first kappa shape index (κ1) is 14.2. The monoisotopic (exact) mass is 294 g/mol. The lowest BCUT2D eigenvalue weighted by molar-refractivity contribution is -0.384. The molecule has 2 fully saturated rings. The van der Waals surface area contributed by atoms with Crippen LogP contribution in [0.5, 0.6) is 0 Å².